The maximum atomic E-state index is 4.96. The van der Waals surface area contributed by atoms with E-state index < -0.39 is 0 Å². The first-order chi connectivity index (χ1) is 11.7. The van der Waals surface area contributed by atoms with Crippen LogP contribution in [0.2, 0.25) is 0 Å². The van der Waals surface area contributed by atoms with Crippen molar-refractivity contribution >= 4 is 16.3 Å². The van der Waals surface area contributed by atoms with E-state index in [0.717, 1.165) is 6.54 Å². The third kappa shape index (κ3) is 5.32. The Balaban J connectivity index is 0.00000243. The van der Waals surface area contributed by atoms with Crippen molar-refractivity contribution in [1.82, 2.24) is 0 Å². The van der Waals surface area contributed by atoms with Crippen LogP contribution >= 0.6 is 0 Å². The van der Waals surface area contributed by atoms with E-state index in [-0.39, 0.29) is 52.1 Å². The molecule has 1 aliphatic rings. The van der Waals surface area contributed by atoms with Gasteiger partial charge in [0, 0.05) is 5.92 Å². The molecule has 0 saturated carbocycles. The zero-order valence-corrected chi connectivity index (χ0v) is 21.0. The molecule has 28 heavy (non-hydrogen) atoms. The monoisotopic (exact) mass is 450 g/mol. The van der Waals surface area contributed by atoms with Crippen molar-refractivity contribution < 1.29 is 46.5 Å². The molecule has 0 amide bonds. The van der Waals surface area contributed by atoms with Crippen LogP contribution in [0.5, 0.6) is 0 Å². The second-order valence-corrected chi connectivity index (χ2v) is 8.37. The summed E-state index contributed by atoms with van der Waals surface area (Å²) in [6, 6.07) is 13.3. The average molecular weight is 451 g/mol. The summed E-state index contributed by atoms with van der Waals surface area (Å²) < 4.78 is 0. The molecule has 0 aromatic heterocycles. The summed E-state index contributed by atoms with van der Waals surface area (Å²) in [7, 11) is 0. The van der Waals surface area contributed by atoms with Gasteiger partial charge >= 0.3 is 21.7 Å². The maximum Gasteiger partial charge on any atom is 3.00 e. The molecular formula is C24H30Cl2NTi. The standard InChI is InChI=1S/C24H30N.2ClH.Ti/c1-15-16(2)18(4)23(17(15)3)21-13-12-19-10-8-9-11-20(19)22(21)14-25-24(5,6)7;;;/h8-13,17H,14H2,1-7H3;2*1H;/q-1;;;+3/p-2. The van der Waals surface area contributed by atoms with Gasteiger partial charge in [0.15, 0.2) is 0 Å². The summed E-state index contributed by atoms with van der Waals surface area (Å²) in [5.41, 5.74) is 8.61. The molecule has 0 aliphatic heterocycles. The number of benzene rings is 2. The maximum absolute atomic E-state index is 4.96. The van der Waals surface area contributed by atoms with Crippen LogP contribution in [0, 0.1) is 5.92 Å². The molecule has 0 heterocycles. The minimum Gasteiger partial charge on any atom is -1.00 e. The van der Waals surface area contributed by atoms with Gasteiger partial charge in [-0.3, -0.25) is 0 Å². The fraction of sp³-hybridized carbons (Fsp3) is 0.417. The second-order valence-electron chi connectivity index (χ2n) is 8.37. The van der Waals surface area contributed by atoms with Crippen molar-refractivity contribution in [2.75, 3.05) is 0 Å². The van der Waals surface area contributed by atoms with Crippen LogP contribution in [0.1, 0.15) is 59.6 Å². The quantitative estimate of drug-likeness (QED) is 0.625. The van der Waals surface area contributed by atoms with Crippen LogP contribution in [0.25, 0.3) is 21.7 Å². The topological polar surface area (TPSA) is 14.1 Å². The van der Waals surface area contributed by atoms with Gasteiger partial charge in [-0.2, -0.15) is 0 Å². The zero-order chi connectivity index (χ0) is 18.4. The average Bonchev–Trinajstić information content (AvgIpc) is 2.75. The van der Waals surface area contributed by atoms with Gasteiger partial charge in [-0.05, 0) is 53.8 Å². The van der Waals surface area contributed by atoms with E-state index in [0.29, 0.717) is 5.92 Å². The van der Waals surface area contributed by atoms with E-state index in [9.17, 15) is 0 Å². The third-order valence-electron chi connectivity index (χ3n) is 5.68. The molecule has 2 aromatic carbocycles. The molecule has 0 fully saturated rings. The number of fused-ring (bicyclic) bond motifs is 1. The Bertz CT molecular complexity index is 891. The van der Waals surface area contributed by atoms with Crippen molar-refractivity contribution in [2.24, 2.45) is 5.92 Å². The van der Waals surface area contributed by atoms with Crippen LogP contribution in [0.4, 0.5) is 0 Å². The Labute approximate surface area is 198 Å². The number of rotatable bonds is 3. The molecule has 3 rings (SSSR count). The number of hydrogen-bond donors (Lipinski definition) is 0. The van der Waals surface area contributed by atoms with Gasteiger partial charge in [0.05, 0.1) is 0 Å². The van der Waals surface area contributed by atoms with E-state index >= 15 is 0 Å². The van der Waals surface area contributed by atoms with Crippen molar-refractivity contribution in [2.45, 2.75) is 60.5 Å². The summed E-state index contributed by atoms with van der Waals surface area (Å²) in [5, 5.41) is 7.60. The summed E-state index contributed by atoms with van der Waals surface area (Å²) in [6.07, 6.45) is 0. The van der Waals surface area contributed by atoms with E-state index in [1.807, 2.05) is 0 Å². The van der Waals surface area contributed by atoms with Crippen LogP contribution in [-0.2, 0) is 28.3 Å². The largest absolute Gasteiger partial charge is 3.00 e. The molecule has 0 spiro atoms. The zero-order valence-electron chi connectivity index (χ0n) is 18.0. The molecule has 1 nitrogen and oxygen atoms in total. The van der Waals surface area contributed by atoms with Gasteiger partial charge in [-0.1, -0.05) is 75.2 Å². The number of nitrogens with zero attached hydrogens (tertiary/aromatic N) is 1. The molecular weight excluding hydrogens is 421 g/mol. The number of allylic oxidation sites excluding steroid dienone is 4. The summed E-state index contributed by atoms with van der Waals surface area (Å²) in [4.78, 5) is 0. The first kappa shape index (κ1) is 27.4. The molecule has 1 radical (unpaired) electrons. The van der Waals surface area contributed by atoms with Crippen molar-refractivity contribution in [3.05, 3.63) is 69.6 Å². The first-order valence-electron chi connectivity index (χ1n) is 9.29. The Morgan fingerprint density at radius 3 is 2.04 bits per heavy atom. The van der Waals surface area contributed by atoms with Gasteiger partial charge in [0.2, 0.25) is 0 Å². The Kier molecular flexibility index (Phi) is 10.2. The molecule has 0 saturated heterocycles. The Morgan fingerprint density at radius 2 is 1.50 bits per heavy atom. The molecule has 1 unspecified atom stereocenters. The Morgan fingerprint density at radius 1 is 0.893 bits per heavy atom. The Hall–Kier alpha value is -0.566. The van der Waals surface area contributed by atoms with E-state index in [2.05, 4.69) is 84.9 Å². The van der Waals surface area contributed by atoms with Crippen LogP contribution in [0.3, 0.4) is 0 Å². The molecule has 1 aliphatic carbocycles. The van der Waals surface area contributed by atoms with Crippen LogP contribution in [-0.4, -0.2) is 5.54 Å². The van der Waals surface area contributed by atoms with Gasteiger partial charge in [0.1, 0.15) is 0 Å². The summed E-state index contributed by atoms with van der Waals surface area (Å²) in [5.74, 6) is 0.481. The van der Waals surface area contributed by atoms with Crippen molar-refractivity contribution in [3.8, 4) is 0 Å². The molecule has 0 bridgehead atoms. The fourth-order valence-electron chi connectivity index (χ4n) is 3.87. The van der Waals surface area contributed by atoms with Gasteiger partial charge < -0.3 is 30.1 Å². The van der Waals surface area contributed by atoms with Gasteiger partial charge in [0.25, 0.3) is 0 Å². The molecule has 0 N–H and O–H groups in total. The van der Waals surface area contributed by atoms with Crippen molar-refractivity contribution in [3.63, 3.8) is 0 Å². The molecule has 4 heteroatoms. The van der Waals surface area contributed by atoms with Crippen molar-refractivity contribution in [1.29, 1.82) is 0 Å². The van der Waals surface area contributed by atoms with Crippen LogP contribution in [0.15, 0.2) is 53.1 Å². The minimum atomic E-state index is -0.0248. The first-order valence-corrected chi connectivity index (χ1v) is 9.29. The fourth-order valence-corrected chi connectivity index (χ4v) is 3.87. The smallest absolute Gasteiger partial charge is 1.00 e. The van der Waals surface area contributed by atoms with E-state index in [1.165, 1.54) is 44.2 Å². The second kappa shape index (κ2) is 10.5. The van der Waals surface area contributed by atoms with E-state index in [1.54, 1.807) is 0 Å². The SMILES string of the molecule is CC1=C(C)C(C)C(c2ccc3ccccc3c2C[N-]C(C)(C)C)=C1C.[Cl-].[Cl-].[Ti+3]. The van der Waals surface area contributed by atoms with Gasteiger partial charge in [-0.25, -0.2) is 0 Å². The number of hydrogen-bond acceptors (Lipinski definition) is 0. The minimum absolute atomic E-state index is 0. The third-order valence-corrected chi connectivity index (χ3v) is 5.68. The van der Waals surface area contributed by atoms with Gasteiger partial charge in [-0.15, -0.1) is 12.1 Å². The number of halogens is 2. The summed E-state index contributed by atoms with van der Waals surface area (Å²) >= 11 is 0. The normalized spacial score (nSPS) is 16.6. The molecule has 1 atom stereocenters. The van der Waals surface area contributed by atoms with E-state index in [4.69, 9.17) is 5.32 Å². The molecule has 2 aromatic rings. The predicted octanol–water partition coefficient (Wildman–Crippen LogP) is 1.28. The molecule has 149 valence electrons. The summed E-state index contributed by atoms with van der Waals surface area (Å²) in [6.45, 7) is 16.4. The predicted molar refractivity (Wildman–Crippen MR) is 111 cm³/mol. The van der Waals surface area contributed by atoms with Crippen LogP contribution < -0.4 is 24.8 Å².